The van der Waals surface area contributed by atoms with Gasteiger partial charge in [-0.15, -0.1) is 19.0 Å². The number of hydrogen-bond acceptors (Lipinski definition) is 2. The van der Waals surface area contributed by atoms with Crippen LogP contribution in [0.1, 0.15) is 11.6 Å². The van der Waals surface area contributed by atoms with Crippen molar-refractivity contribution in [3.05, 3.63) is 40.7 Å². The Bertz CT molecular complexity index is 281. The van der Waals surface area contributed by atoms with Crippen LogP contribution in [0, 0.1) is 0 Å². The lowest BCUT2D eigenvalue weighted by Gasteiger charge is -2.09. The molecule has 1 aromatic rings. The summed E-state index contributed by atoms with van der Waals surface area (Å²) >= 11 is 11.7. The fraction of sp³-hybridized carbons (Fsp3) is 0.125. The normalized spacial score (nSPS) is 11.6. The Balaban J connectivity index is 0.00000144. The summed E-state index contributed by atoms with van der Waals surface area (Å²) in [5.41, 5.74) is 6.35. The van der Waals surface area contributed by atoms with Crippen molar-refractivity contribution in [3.8, 4) is 0 Å². The van der Waals surface area contributed by atoms with E-state index in [1.54, 1.807) is 6.08 Å². The van der Waals surface area contributed by atoms with Gasteiger partial charge in [-0.25, -0.2) is 0 Å². The predicted molar refractivity (Wildman–Crippen MR) is 58.6 cm³/mol. The molecule has 0 radical (unpaired) electrons. The summed E-state index contributed by atoms with van der Waals surface area (Å²) in [6.45, 7) is 3.56. The number of aromatic nitrogens is 1. The maximum absolute atomic E-state index is 5.83. The highest BCUT2D eigenvalue weighted by atomic mass is 35.5. The number of nitrogens with two attached hydrogens (primary N) is 1. The van der Waals surface area contributed by atoms with Crippen LogP contribution in [0.25, 0.3) is 0 Å². The molecule has 72 valence electrons. The Morgan fingerprint density at radius 3 is 2.23 bits per heavy atom. The summed E-state index contributed by atoms with van der Waals surface area (Å²) in [5, 5.41) is 0.935. The molecule has 0 spiro atoms. The first-order valence-electron chi connectivity index (χ1n) is 3.34. The van der Waals surface area contributed by atoms with Crippen molar-refractivity contribution in [1.82, 2.24) is 4.98 Å². The lowest BCUT2D eigenvalue weighted by molar-refractivity contribution is 0.910. The summed E-state index contributed by atoms with van der Waals surface area (Å²) in [6, 6.07) is -0.340. The number of pyridine rings is 1. The Morgan fingerprint density at radius 1 is 1.38 bits per heavy atom. The van der Waals surface area contributed by atoms with E-state index in [4.69, 9.17) is 28.9 Å². The molecule has 0 aromatic carbocycles. The molecule has 13 heavy (non-hydrogen) atoms. The highest BCUT2D eigenvalue weighted by molar-refractivity contribution is 6.35. The van der Waals surface area contributed by atoms with Crippen LogP contribution in [-0.4, -0.2) is 4.98 Å². The Hall–Kier alpha value is -0.280. The molecule has 0 aliphatic heterocycles. The molecular formula is C8H9Cl3N2. The van der Waals surface area contributed by atoms with Crippen molar-refractivity contribution >= 4 is 35.6 Å². The first-order valence-corrected chi connectivity index (χ1v) is 4.09. The van der Waals surface area contributed by atoms with E-state index in [1.165, 1.54) is 12.4 Å². The second kappa shape index (κ2) is 5.45. The minimum Gasteiger partial charge on any atom is -0.321 e. The van der Waals surface area contributed by atoms with Crippen molar-refractivity contribution in [1.29, 1.82) is 0 Å². The van der Waals surface area contributed by atoms with Crippen molar-refractivity contribution < 1.29 is 0 Å². The van der Waals surface area contributed by atoms with E-state index >= 15 is 0 Å². The smallest absolute Gasteiger partial charge is 0.0655 e. The molecule has 1 heterocycles. The molecule has 2 N–H and O–H groups in total. The van der Waals surface area contributed by atoms with Gasteiger partial charge in [0.1, 0.15) is 0 Å². The van der Waals surface area contributed by atoms with E-state index in [2.05, 4.69) is 11.6 Å². The van der Waals surface area contributed by atoms with Crippen molar-refractivity contribution in [2.75, 3.05) is 0 Å². The number of rotatable bonds is 2. The fourth-order valence-corrected chi connectivity index (χ4v) is 1.47. The summed E-state index contributed by atoms with van der Waals surface area (Å²) in [5.74, 6) is 0. The quantitative estimate of drug-likeness (QED) is 0.806. The van der Waals surface area contributed by atoms with Crippen LogP contribution in [0.2, 0.25) is 10.0 Å². The number of halogens is 3. The molecule has 2 nitrogen and oxygen atoms in total. The molecule has 0 saturated carbocycles. The number of nitrogens with zero attached hydrogens (tertiary/aromatic N) is 1. The van der Waals surface area contributed by atoms with Crippen molar-refractivity contribution in [3.63, 3.8) is 0 Å². The average Bonchev–Trinajstić information content (AvgIpc) is 2.03. The molecule has 1 rings (SSSR count). The van der Waals surface area contributed by atoms with Crippen LogP contribution in [0.15, 0.2) is 25.0 Å². The van der Waals surface area contributed by atoms with E-state index in [1.807, 2.05) is 0 Å². The van der Waals surface area contributed by atoms with Crippen LogP contribution in [0.3, 0.4) is 0 Å². The third-order valence-corrected chi connectivity index (χ3v) is 2.08. The zero-order valence-electron chi connectivity index (χ0n) is 6.71. The van der Waals surface area contributed by atoms with Gasteiger partial charge in [0.05, 0.1) is 16.1 Å². The minimum atomic E-state index is -0.340. The molecule has 1 atom stereocenters. The summed E-state index contributed by atoms with van der Waals surface area (Å²) in [7, 11) is 0. The molecule has 1 aromatic heterocycles. The van der Waals surface area contributed by atoms with E-state index in [-0.39, 0.29) is 18.4 Å². The molecule has 5 heteroatoms. The standard InChI is InChI=1S/C8H8Cl2N2.ClH/c1-2-7(11)8-5(9)3-12-4-6(8)10;/h2-4,7H,1,11H2;1H/t7-;/m0./s1. The SMILES string of the molecule is C=C[C@H](N)c1c(Cl)cncc1Cl.Cl. The molecule has 0 fully saturated rings. The molecule has 0 unspecified atom stereocenters. The maximum atomic E-state index is 5.83. The maximum Gasteiger partial charge on any atom is 0.0655 e. The van der Waals surface area contributed by atoms with Gasteiger partial charge in [0.25, 0.3) is 0 Å². The molecule has 0 aliphatic carbocycles. The van der Waals surface area contributed by atoms with Gasteiger partial charge in [-0.1, -0.05) is 29.3 Å². The number of hydrogen-bond donors (Lipinski definition) is 1. The zero-order valence-corrected chi connectivity index (χ0v) is 9.03. The lowest BCUT2D eigenvalue weighted by Crippen LogP contribution is -2.08. The molecule has 0 amide bonds. The van der Waals surface area contributed by atoms with Gasteiger partial charge in [-0.05, 0) is 0 Å². The summed E-state index contributed by atoms with van der Waals surface area (Å²) < 4.78 is 0. The van der Waals surface area contributed by atoms with Crippen molar-refractivity contribution in [2.24, 2.45) is 5.73 Å². The summed E-state index contributed by atoms with van der Waals surface area (Å²) in [4.78, 5) is 3.81. The Kier molecular flexibility index (Phi) is 5.33. The molecule has 0 saturated heterocycles. The average molecular weight is 240 g/mol. The van der Waals surface area contributed by atoms with Crippen LogP contribution in [-0.2, 0) is 0 Å². The second-order valence-corrected chi connectivity index (χ2v) is 3.09. The fourth-order valence-electron chi connectivity index (χ4n) is 0.858. The van der Waals surface area contributed by atoms with Gasteiger partial charge in [0.15, 0.2) is 0 Å². The molecule has 0 bridgehead atoms. The molecule has 0 aliphatic rings. The Morgan fingerprint density at radius 2 is 1.85 bits per heavy atom. The summed E-state index contributed by atoms with van der Waals surface area (Å²) in [6.07, 6.45) is 4.59. The van der Waals surface area contributed by atoms with Gasteiger partial charge in [-0.2, -0.15) is 0 Å². The van der Waals surface area contributed by atoms with Crippen LogP contribution in [0.4, 0.5) is 0 Å². The third kappa shape index (κ3) is 2.85. The van der Waals surface area contributed by atoms with Gasteiger partial charge in [-0.3, -0.25) is 4.98 Å². The Labute approximate surface area is 93.2 Å². The molecular weight excluding hydrogens is 230 g/mol. The van der Waals surface area contributed by atoms with Gasteiger partial charge in [0.2, 0.25) is 0 Å². The van der Waals surface area contributed by atoms with E-state index in [9.17, 15) is 0 Å². The monoisotopic (exact) mass is 238 g/mol. The van der Waals surface area contributed by atoms with Gasteiger partial charge in [0, 0.05) is 18.0 Å². The first kappa shape index (κ1) is 12.7. The lowest BCUT2D eigenvalue weighted by atomic mass is 10.1. The van der Waals surface area contributed by atoms with E-state index in [0.29, 0.717) is 15.6 Å². The zero-order chi connectivity index (χ0) is 9.14. The van der Waals surface area contributed by atoms with Crippen LogP contribution < -0.4 is 5.73 Å². The minimum absolute atomic E-state index is 0. The highest BCUT2D eigenvalue weighted by Crippen LogP contribution is 2.28. The van der Waals surface area contributed by atoms with E-state index in [0.717, 1.165) is 0 Å². The van der Waals surface area contributed by atoms with E-state index < -0.39 is 0 Å². The second-order valence-electron chi connectivity index (χ2n) is 2.28. The van der Waals surface area contributed by atoms with Crippen molar-refractivity contribution in [2.45, 2.75) is 6.04 Å². The highest BCUT2D eigenvalue weighted by Gasteiger charge is 2.10. The van der Waals surface area contributed by atoms with Crippen LogP contribution >= 0.6 is 35.6 Å². The largest absolute Gasteiger partial charge is 0.321 e. The third-order valence-electron chi connectivity index (χ3n) is 1.48. The van der Waals surface area contributed by atoms with Gasteiger partial charge >= 0.3 is 0 Å². The topological polar surface area (TPSA) is 38.9 Å². The van der Waals surface area contributed by atoms with Crippen LogP contribution in [0.5, 0.6) is 0 Å². The van der Waals surface area contributed by atoms with Gasteiger partial charge < -0.3 is 5.73 Å². The predicted octanol–water partition coefficient (Wildman–Crippen LogP) is 3.00. The first-order chi connectivity index (χ1) is 5.66.